The molecule has 1 aromatic carbocycles. The first-order chi connectivity index (χ1) is 15.0. The van der Waals surface area contributed by atoms with Gasteiger partial charge in [-0.3, -0.25) is 19.4 Å². The van der Waals surface area contributed by atoms with E-state index in [1.54, 1.807) is 24.5 Å². The summed E-state index contributed by atoms with van der Waals surface area (Å²) in [5.74, 6) is 0.576. The molecule has 0 radical (unpaired) electrons. The van der Waals surface area contributed by atoms with Crippen LogP contribution < -0.4 is 5.32 Å². The first-order valence-corrected chi connectivity index (χ1v) is 10.8. The third-order valence-electron chi connectivity index (χ3n) is 5.48. The molecule has 0 saturated carbocycles. The van der Waals surface area contributed by atoms with Gasteiger partial charge in [0.25, 0.3) is 5.91 Å². The molecule has 4 rings (SSSR count). The molecule has 7 heteroatoms. The first kappa shape index (κ1) is 21.1. The Labute approximate surface area is 182 Å². The Morgan fingerprint density at radius 2 is 2.00 bits per heavy atom. The number of fused-ring (bicyclic) bond motifs is 1. The lowest BCUT2D eigenvalue weighted by molar-refractivity contribution is 0.0942. The van der Waals surface area contributed by atoms with E-state index in [0.717, 1.165) is 42.7 Å². The van der Waals surface area contributed by atoms with Crippen LogP contribution in [0.2, 0.25) is 0 Å². The van der Waals surface area contributed by atoms with Crippen LogP contribution in [-0.2, 0) is 32.6 Å². The molecule has 0 bridgehead atoms. The van der Waals surface area contributed by atoms with E-state index < -0.39 is 0 Å². The van der Waals surface area contributed by atoms with Crippen molar-refractivity contribution in [2.24, 2.45) is 5.92 Å². The fourth-order valence-electron chi connectivity index (χ4n) is 3.99. The van der Waals surface area contributed by atoms with Gasteiger partial charge in [0, 0.05) is 62.8 Å². The van der Waals surface area contributed by atoms with Crippen molar-refractivity contribution in [1.82, 2.24) is 25.0 Å². The van der Waals surface area contributed by atoms with Gasteiger partial charge in [-0.1, -0.05) is 32.0 Å². The van der Waals surface area contributed by atoms with Gasteiger partial charge in [0.2, 0.25) is 0 Å². The van der Waals surface area contributed by atoms with Gasteiger partial charge in [-0.2, -0.15) is 5.10 Å². The normalized spacial score (nSPS) is 13.9. The third-order valence-corrected chi connectivity index (χ3v) is 5.48. The number of phenols is 1. The molecule has 0 unspecified atom stereocenters. The second-order valence-corrected chi connectivity index (χ2v) is 8.52. The van der Waals surface area contributed by atoms with Crippen molar-refractivity contribution in [3.8, 4) is 5.75 Å². The van der Waals surface area contributed by atoms with Crippen LogP contribution in [0.4, 0.5) is 0 Å². The standard InChI is InChI=1S/C24H29N5O2/c1-17(2)14-29-22-9-11-28(15-18-5-7-20(30)8-6-18)16-21(22)23(27-29)24(31)26-13-19-4-3-10-25-12-19/h3-8,10,12,17,30H,9,11,13-16H2,1-2H3,(H,26,31). The number of pyridine rings is 1. The number of nitrogens with one attached hydrogen (secondary N) is 1. The summed E-state index contributed by atoms with van der Waals surface area (Å²) in [6, 6.07) is 11.1. The van der Waals surface area contributed by atoms with Gasteiger partial charge in [-0.05, 0) is 35.2 Å². The fraction of sp³-hybridized carbons (Fsp3) is 0.375. The number of hydrogen-bond acceptors (Lipinski definition) is 5. The maximum absolute atomic E-state index is 13.0. The molecule has 0 aliphatic carbocycles. The highest BCUT2D eigenvalue weighted by Gasteiger charge is 2.28. The van der Waals surface area contributed by atoms with E-state index in [1.165, 1.54) is 5.69 Å². The number of amides is 1. The largest absolute Gasteiger partial charge is 0.508 e. The summed E-state index contributed by atoms with van der Waals surface area (Å²) < 4.78 is 2.02. The Bertz CT molecular complexity index is 1030. The minimum absolute atomic E-state index is 0.144. The van der Waals surface area contributed by atoms with Gasteiger partial charge >= 0.3 is 0 Å². The number of aromatic hydroxyl groups is 1. The van der Waals surface area contributed by atoms with Crippen molar-refractivity contribution in [2.45, 2.75) is 46.4 Å². The van der Waals surface area contributed by atoms with Gasteiger partial charge in [0.15, 0.2) is 5.69 Å². The molecule has 1 aliphatic rings. The smallest absolute Gasteiger partial charge is 0.272 e. The van der Waals surface area contributed by atoms with Crippen LogP contribution in [0.5, 0.6) is 5.75 Å². The highest BCUT2D eigenvalue weighted by Crippen LogP contribution is 2.25. The van der Waals surface area contributed by atoms with E-state index >= 15 is 0 Å². The zero-order chi connectivity index (χ0) is 21.8. The zero-order valence-corrected chi connectivity index (χ0v) is 18.1. The Balaban J connectivity index is 1.53. The minimum atomic E-state index is -0.144. The number of hydrogen-bond donors (Lipinski definition) is 2. The van der Waals surface area contributed by atoms with Crippen molar-refractivity contribution >= 4 is 5.91 Å². The third kappa shape index (κ3) is 5.11. The van der Waals surface area contributed by atoms with Gasteiger partial charge in [0.05, 0.1) is 0 Å². The molecule has 1 amide bonds. The lowest BCUT2D eigenvalue weighted by Gasteiger charge is -2.28. The number of carbonyl (C=O) groups is 1. The molecular formula is C24H29N5O2. The average molecular weight is 420 g/mol. The number of rotatable bonds is 7. The lowest BCUT2D eigenvalue weighted by atomic mass is 10.0. The maximum Gasteiger partial charge on any atom is 0.272 e. The Hall–Kier alpha value is -3.19. The molecule has 2 N–H and O–H groups in total. The molecule has 0 atom stereocenters. The van der Waals surface area contributed by atoms with E-state index in [-0.39, 0.29) is 11.7 Å². The minimum Gasteiger partial charge on any atom is -0.508 e. The predicted octanol–water partition coefficient (Wildman–Crippen LogP) is 3.13. The molecule has 0 fully saturated rings. The fourth-order valence-corrected chi connectivity index (χ4v) is 3.99. The van der Waals surface area contributed by atoms with Gasteiger partial charge in [0.1, 0.15) is 5.75 Å². The Kier molecular flexibility index (Phi) is 6.32. The summed E-state index contributed by atoms with van der Waals surface area (Å²) in [6.45, 7) is 7.92. The summed E-state index contributed by atoms with van der Waals surface area (Å²) in [7, 11) is 0. The summed E-state index contributed by atoms with van der Waals surface area (Å²) in [6.07, 6.45) is 4.34. The topological polar surface area (TPSA) is 83.3 Å². The molecule has 0 saturated heterocycles. The van der Waals surface area contributed by atoms with Crippen molar-refractivity contribution in [2.75, 3.05) is 6.54 Å². The van der Waals surface area contributed by atoms with Crippen molar-refractivity contribution < 1.29 is 9.90 Å². The van der Waals surface area contributed by atoms with Crippen molar-refractivity contribution in [3.63, 3.8) is 0 Å². The second kappa shape index (κ2) is 9.31. The van der Waals surface area contributed by atoms with E-state index in [0.29, 0.717) is 24.7 Å². The maximum atomic E-state index is 13.0. The number of phenolic OH excluding ortho intramolecular Hbond substituents is 1. The lowest BCUT2D eigenvalue weighted by Crippen LogP contribution is -2.32. The van der Waals surface area contributed by atoms with Crippen LogP contribution in [-0.4, -0.2) is 37.2 Å². The number of nitrogens with zero attached hydrogens (tertiary/aromatic N) is 4. The van der Waals surface area contributed by atoms with Gasteiger partial charge < -0.3 is 10.4 Å². The highest BCUT2D eigenvalue weighted by molar-refractivity contribution is 5.94. The van der Waals surface area contributed by atoms with Crippen LogP contribution in [0.25, 0.3) is 0 Å². The summed E-state index contributed by atoms with van der Waals surface area (Å²) in [5, 5.41) is 17.3. The van der Waals surface area contributed by atoms with Crippen molar-refractivity contribution in [3.05, 3.63) is 76.9 Å². The molecule has 1 aliphatic heterocycles. The number of benzene rings is 1. The van der Waals surface area contributed by atoms with Crippen LogP contribution >= 0.6 is 0 Å². The van der Waals surface area contributed by atoms with E-state index in [4.69, 9.17) is 5.10 Å². The average Bonchev–Trinajstić information content (AvgIpc) is 3.11. The number of aromatic nitrogens is 3. The molecule has 0 spiro atoms. The molecule has 3 aromatic rings. The highest BCUT2D eigenvalue weighted by atomic mass is 16.3. The molecule has 7 nitrogen and oxygen atoms in total. The molecular weight excluding hydrogens is 390 g/mol. The van der Waals surface area contributed by atoms with E-state index in [1.807, 2.05) is 28.9 Å². The zero-order valence-electron chi connectivity index (χ0n) is 18.1. The van der Waals surface area contributed by atoms with E-state index in [2.05, 4.69) is 29.0 Å². The van der Waals surface area contributed by atoms with E-state index in [9.17, 15) is 9.90 Å². The van der Waals surface area contributed by atoms with Crippen LogP contribution in [0.3, 0.4) is 0 Å². The summed E-state index contributed by atoms with van der Waals surface area (Å²) >= 11 is 0. The summed E-state index contributed by atoms with van der Waals surface area (Å²) in [5.41, 5.74) is 4.81. The predicted molar refractivity (Wildman–Crippen MR) is 118 cm³/mol. The van der Waals surface area contributed by atoms with Crippen molar-refractivity contribution in [1.29, 1.82) is 0 Å². The SMILES string of the molecule is CC(C)Cn1nc(C(=O)NCc2cccnc2)c2c1CCN(Cc1ccc(O)cc1)C2. The molecule has 2 aromatic heterocycles. The van der Waals surface area contributed by atoms with Gasteiger partial charge in [-0.15, -0.1) is 0 Å². The quantitative estimate of drug-likeness (QED) is 0.615. The van der Waals surface area contributed by atoms with Gasteiger partial charge in [-0.25, -0.2) is 0 Å². The second-order valence-electron chi connectivity index (χ2n) is 8.52. The number of carbonyl (C=O) groups excluding carboxylic acids is 1. The Morgan fingerprint density at radius 1 is 1.19 bits per heavy atom. The summed E-state index contributed by atoms with van der Waals surface area (Å²) in [4.78, 5) is 19.5. The molecule has 3 heterocycles. The molecule has 31 heavy (non-hydrogen) atoms. The molecule has 162 valence electrons. The monoisotopic (exact) mass is 419 g/mol. The van der Waals surface area contributed by atoms with Crippen LogP contribution in [0, 0.1) is 5.92 Å². The van der Waals surface area contributed by atoms with Crippen LogP contribution in [0.1, 0.15) is 46.7 Å². The Morgan fingerprint density at radius 3 is 2.71 bits per heavy atom. The van der Waals surface area contributed by atoms with Crippen LogP contribution in [0.15, 0.2) is 48.8 Å². The first-order valence-electron chi connectivity index (χ1n) is 10.8.